The molecule has 0 amide bonds. The molecule has 0 atom stereocenters. The second kappa shape index (κ2) is 5.68. The molecule has 6 heteroatoms. The van der Waals surface area contributed by atoms with Gasteiger partial charge in [-0.1, -0.05) is 12.1 Å². The summed E-state index contributed by atoms with van der Waals surface area (Å²) in [5, 5.41) is 10.8. The van der Waals surface area contributed by atoms with E-state index in [0.717, 1.165) is 24.7 Å². The molecule has 2 aromatic rings. The topological polar surface area (TPSA) is 42.7 Å². The molecule has 18 heavy (non-hydrogen) atoms. The minimum absolute atomic E-state index is 0.196. The predicted molar refractivity (Wildman–Crippen MR) is 63.3 cm³/mol. The van der Waals surface area contributed by atoms with Gasteiger partial charge in [-0.3, -0.25) is 0 Å². The minimum Gasteiger partial charge on any atom is -0.311 e. The third-order valence-electron chi connectivity index (χ3n) is 2.49. The van der Waals surface area contributed by atoms with Crippen LogP contribution in [-0.2, 0) is 6.54 Å². The van der Waals surface area contributed by atoms with Crippen LogP contribution in [-0.4, -0.2) is 21.5 Å². The normalized spacial score (nSPS) is 10.8. The van der Waals surface area contributed by atoms with Crippen LogP contribution in [0.4, 0.5) is 8.78 Å². The zero-order valence-electron chi connectivity index (χ0n) is 10.0. The summed E-state index contributed by atoms with van der Waals surface area (Å²) in [7, 11) is 0. The lowest BCUT2D eigenvalue weighted by atomic mass is 10.3. The zero-order chi connectivity index (χ0) is 13.0. The lowest BCUT2D eigenvalue weighted by molar-refractivity contribution is 0.565. The largest absolute Gasteiger partial charge is 0.311 e. The van der Waals surface area contributed by atoms with E-state index in [1.165, 1.54) is 16.8 Å². The van der Waals surface area contributed by atoms with Crippen LogP contribution in [0.15, 0.2) is 24.4 Å². The first-order valence-electron chi connectivity index (χ1n) is 5.78. The Morgan fingerprint density at radius 2 is 2.17 bits per heavy atom. The second-order valence-electron chi connectivity index (χ2n) is 3.91. The van der Waals surface area contributed by atoms with Gasteiger partial charge in [-0.05, 0) is 25.1 Å². The highest BCUT2D eigenvalue weighted by atomic mass is 19.1. The Kier molecular flexibility index (Phi) is 3.99. The second-order valence-corrected chi connectivity index (χ2v) is 3.91. The van der Waals surface area contributed by atoms with E-state index in [2.05, 4.69) is 22.6 Å². The number of nitrogens with one attached hydrogen (secondary N) is 1. The molecule has 1 N–H and O–H groups in total. The van der Waals surface area contributed by atoms with Gasteiger partial charge in [-0.15, -0.1) is 5.10 Å². The molecule has 0 spiro atoms. The van der Waals surface area contributed by atoms with Gasteiger partial charge in [-0.25, -0.2) is 13.5 Å². The molecule has 0 unspecified atom stereocenters. The van der Waals surface area contributed by atoms with Crippen molar-refractivity contribution in [2.24, 2.45) is 0 Å². The smallest absolute Gasteiger partial charge is 0.151 e. The molecule has 0 radical (unpaired) electrons. The number of hydrogen-bond donors (Lipinski definition) is 1. The van der Waals surface area contributed by atoms with Crippen LogP contribution in [0, 0.1) is 11.6 Å². The molecular formula is C12H14F2N4. The summed E-state index contributed by atoms with van der Waals surface area (Å²) in [4.78, 5) is 0. The van der Waals surface area contributed by atoms with Gasteiger partial charge in [0, 0.05) is 12.6 Å². The monoisotopic (exact) mass is 252 g/mol. The Morgan fingerprint density at radius 3 is 2.89 bits per heavy atom. The fraction of sp³-hybridized carbons (Fsp3) is 0.333. The molecule has 0 saturated heterocycles. The summed E-state index contributed by atoms with van der Waals surface area (Å²) < 4.78 is 27.8. The van der Waals surface area contributed by atoms with Crippen molar-refractivity contribution < 1.29 is 8.78 Å². The number of halogens is 2. The number of benzene rings is 1. The van der Waals surface area contributed by atoms with Crippen molar-refractivity contribution in [1.29, 1.82) is 0 Å². The van der Waals surface area contributed by atoms with Crippen LogP contribution in [0.2, 0.25) is 0 Å². The van der Waals surface area contributed by atoms with E-state index in [0.29, 0.717) is 6.54 Å². The highest BCUT2D eigenvalue weighted by molar-refractivity contribution is 5.34. The quantitative estimate of drug-likeness (QED) is 0.828. The van der Waals surface area contributed by atoms with E-state index < -0.39 is 11.6 Å². The average molecular weight is 252 g/mol. The molecule has 2 rings (SSSR count). The molecule has 1 heterocycles. The number of nitrogens with zero attached hydrogens (tertiary/aromatic N) is 3. The number of rotatable bonds is 5. The number of aromatic nitrogens is 3. The highest BCUT2D eigenvalue weighted by Gasteiger charge is 2.11. The number of hydrogen-bond acceptors (Lipinski definition) is 3. The molecule has 96 valence electrons. The lowest BCUT2D eigenvalue weighted by Crippen LogP contribution is -2.17. The first-order chi connectivity index (χ1) is 8.72. The average Bonchev–Trinajstić information content (AvgIpc) is 2.78. The maximum Gasteiger partial charge on any atom is 0.151 e. The Bertz CT molecular complexity index is 525. The Balaban J connectivity index is 2.25. The molecule has 0 bridgehead atoms. The molecule has 0 fully saturated rings. The third kappa shape index (κ3) is 2.70. The van der Waals surface area contributed by atoms with Gasteiger partial charge in [0.1, 0.15) is 11.5 Å². The summed E-state index contributed by atoms with van der Waals surface area (Å²) in [6.07, 6.45) is 2.57. The van der Waals surface area contributed by atoms with Crippen LogP contribution in [0.5, 0.6) is 0 Å². The maximum absolute atomic E-state index is 13.6. The minimum atomic E-state index is -0.655. The molecule has 0 aliphatic carbocycles. The highest BCUT2D eigenvalue weighted by Crippen LogP contribution is 2.15. The van der Waals surface area contributed by atoms with Crippen molar-refractivity contribution >= 4 is 0 Å². The SMILES string of the molecule is CCCNCc1cnnn1-c1ccc(F)cc1F. The molecule has 1 aromatic carbocycles. The Hall–Kier alpha value is -1.82. The van der Waals surface area contributed by atoms with Crippen molar-refractivity contribution in [2.75, 3.05) is 6.54 Å². The van der Waals surface area contributed by atoms with Gasteiger partial charge in [0.25, 0.3) is 0 Å². The van der Waals surface area contributed by atoms with E-state index in [9.17, 15) is 8.78 Å². The van der Waals surface area contributed by atoms with E-state index in [1.807, 2.05) is 0 Å². The van der Waals surface area contributed by atoms with Gasteiger partial charge in [0.05, 0.1) is 11.9 Å². The Morgan fingerprint density at radius 1 is 1.33 bits per heavy atom. The molecule has 0 aliphatic heterocycles. The summed E-state index contributed by atoms with van der Waals surface area (Å²) in [5.41, 5.74) is 0.927. The standard InChI is InChI=1S/C12H14F2N4/c1-2-5-15-7-10-8-16-17-18(10)12-4-3-9(13)6-11(12)14/h3-4,6,8,15H,2,5,7H2,1H3. The first-order valence-corrected chi connectivity index (χ1v) is 5.78. The summed E-state index contributed by atoms with van der Waals surface area (Å²) in [6, 6.07) is 3.38. The predicted octanol–water partition coefficient (Wildman–Crippen LogP) is 2.05. The lowest BCUT2D eigenvalue weighted by Gasteiger charge is -2.07. The maximum atomic E-state index is 13.6. The van der Waals surface area contributed by atoms with Gasteiger partial charge < -0.3 is 5.32 Å². The van der Waals surface area contributed by atoms with Crippen LogP contribution in [0.3, 0.4) is 0 Å². The molecular weight excluding hydrogens is 238 g/mol. The molecule has 4 nitrogen and oxygen atoms in total. The van der Waals surface area contributed by atoms with Gasteiger partial charge >= 0.3 is 0 Å². The van der Waals surface area contributed by atoms with E-state index in [4.69, 9.17) is 0 Å². The first kappa shape index (κ1) is 12.6. The van der Waals surface area contributed by atoms with Crippen molar-refractivity contribution in [3.63, 3.8) is 0 Å². The fourth-order valence-corrected chi connectivity index (χ4v) is 1.63. The zero-order valence-corrected chi connectivity index (χ0v) is 10.0. The van der Waals surface area contributed by atoms with Crippen LogP contribution < -0.4 is 5.32 Å². The summed E-state index contributed by atoms with van der Waals surface area (Å²) in [5.74, 6) is -1.26. The Labute approximate surface area is 104 Å². The van der Waals surface area contributed by atoms with E-state index in [1.54, 1.807) is 6.20 Å². The van der Waals surface area contributed by atoms with Gasteiger partial charge in [0.2, 0.25) is 0 Å². The third-order valence-corrected chi connectivity index (χ3v) is 2.49. The van der Waals surface area contributed by atoms with Crippen LogP contribution in [0.1, 0.15) is 19.0 Å². The van der Waals surface area contributed by atoms with Crippen molar-refractivity contribution in [2.45, 2.75) is 19.9 Å². The van der Waals surface area contributed by atoms with Gasteiger partial charge in [-0.2, -0.15) is 0 Å². The summed E-state index contributed by atoms with van der Waals surface area (Å²) >= 11 is 0. The summed E-state index contributed by atoms with van der Waals surface area (Å²) in [6.45, 7) is 3.46. The molecule has 0 aliphatic rings. The van der Waals surface area contributed by atoms with Gasteiger partial charge in [0.15, 0.2) is 5.82 Å². The molecule has 0 saturated carbocycles. The van der Waals surface area contributed by atoms with Crippen molar-refractivity contribution in [3.05, 3.63) is 41.7 Å². The van der Waals surface area contributed by atoms with Crippen molar-refractivity contribution in [3.8, 4) is 5.69 Å². The van der Waals surface area contributed by atoms with Crippen LogP contribution in [0.25, 0.3) is 5.69 Å². The fourth-order valence-electron chi connectivity index (χ4n) is 1.63. The van der Waals surface area contributed by atoms with E-state index >= 15 is 0 Å². The van der Waals surface area contributed by atoms with E-state index in [-0.39, 0.29) is 5.69 Å². The van der Waals surface area contributed by atoms with Crippen molar-refractivity contribution in [1.82, 2.24) is 20.3 Å². The molecule has 1 aromatic heterocycles. The van der Waals surface area contributed by atoms with Crippen LogP contribution >= 0.6 is 0 Å².